The van der Waals surface area contributed by atoms with E-state index in [0.717, 1.165) is 30.9 Å². The van der Waals surface area contributed by atoms with E-state index >= 15 is 0 Å². The maximum absolute atomic E-state index is 6.18. The summed E-state index contributed by atoms with van der Waals surface area (Å²) in [6.45, 7) is 6.09. The maximum Gasteiger partial charge on any atom is 0.123 e. The minimum Gasteiger partial charge on any atom is -0.491 e. The van der Waals surface area contributed by atoms with Gasteiger partial charge in [-0.05, 0) is 25.5 Å². The van der Waals surface area contributed by atoms with Gasteiger partial charge in [0.05, 0.1) is 13.2 Å². The van der Waals surface area contributed by atoms with Crippen molar-refractivity contribution in [1.82, 2.24) is 0 Å². The lowest BCUT2D eigenvalue weighted by Gasteiger charge is -2.32. The molecule has 124 valence electrons. The standard InChI is InChI=1S/C17H27NO4/c1-4-17(2,9-13(18)10-19-3)22-15-7-5-6-14(8-15)20-11-16-12-21-16/h5-8,13,16H,4,9-12,18H2,1-3H3. The fraction of sp³-hybridized carbons (Fsp3) is 0.647. The van der Waals surface area contributed by atoms with Crippen LogP contribution in [0, 0.1) is 0 Å². The summed E-state index contributed by atoms with van der Waals surface area (Å²) in [4.78, 5) is 0. The number of rotatable bonds is 10. The van der Waals surface area contributed by atoms with Crippen LogP contribution in [0.4, 0.5) is 0 Å². The molecule has 0 spiro atoms. The first-order valence-electron chi connectivity index (χ1n) is 7.82. The molecular formula is C17H27NO4. The number of ether oxygens (including phenoxy) is 4. The molecule has 0 saturated carbocycles. The van der Waals surface area contributed by atoms with Crippen molar-refractivity contribution in [2.75, 3.05) is 26.9 Å². The molecule has 3 unspecified atom stereocenters. The monoisotopic (exact) mass is 309 g/mol. The van der Waals surface area contributed by atoms with Crippen LogP contribution in [0.25, 0.3) is 0 Å². The first-order valence-corrected chi connectivity index (χ1v) is 7.82. The Bertz CT molecular complexity index is 464. The van der Waals surface area contributed by atoms with Gasteiger partial charge in [-0.1, -0.05) is 13.0 Å². The molecule has 0 bridgehead atoms. The Kier molecular flexibility index (Phi) is 6.06. The second-order valence-corrected chi connectivity index (χ2v) is 6.07. The fourth-order valence-electron chi connectivity index (χ4n) is 2.35. The molecule has 0 aromatic heterocycles. The summed E-state index contributed by atoms with van der Waals surface area (Å²) in [7, 11) is 1.66. The lowest BCUT2D eigenvalue weighted by atomic mass is 9.94. The van der Waals surface area contributed by atoms with E-state index in [1.807, 2.05) is 24.3 Å². The topological polar surface area (TPSA) is 66.2 Å². The smallest absolute Gasteiger partial charge is 0.123 e. The predicted octanol–water partition coefficient (Wildman–Crippen LogP) is 2.38. The minimum absolute atomic E-state index is 0.0404. The molecule has 5 heteroatoms. The van der Waals surface area contributed by atoms with Crippen LogP contribution in [0.1, 0.15) is 26.7 Å². The van der Waals surface area contributed by atoms with Gasteiger partial charge < -0.3 is 24.7 Å². The van der Waals surface area contributed by atoms with Gasteiger partial charge in [0.1, 0.15) is 29.8 Å². The third-order valence-corrected chi connectivity index (χ3v) is 3.83. The zero-order valence-corrected chi connectivity index (χ0v) is 13.7. The van der Waals surface area contributed by atoms with Gasteiger partial charge in [-0.2, -0.15) is 0 Å². The molecule has 1 aromatic rings. The average Bonchev–Trinajstić information content (AvgIpc) is 3.30. The number of nitrogens with two attached hydrogens (primary N) is 1. The van der Waals surface area contributed by atoms with Crippen molar-refractivity contribution in [2.45, 2.75) is 44.4 Å². The molecule has 1 heterocycles. The van der Waals surface area contributed by atoms with Gasteiger partial charge in [-0.15, -0.1) is 0 Å². The molecular weight excluding hydrogens is 282 g/mol. The van der Waals surface area contributed by atoms with Crippen LogP contribution in [-0.4, -0.2) is 44.7 Å². The third kappa shape index (κ3) is 5.48. The van der Waals surface area contributed by atoms with Crippen LogP contribution >= 0.6 is 0 Å². The summed E-state index contributed by atoms with van der Waals surface area (Å²) in [6, 6.07) is 7.68. The largest absolute Gasteiger partial charge is 0.491 e. The average molecular weight is 309 g/mol. The van der Waals surface area contributed by atoms with E-state index in [1.54, 1.807) is 7.11 Å². The van der Waals surface area contributed by atoms with E-state index in [2.05, 4.69) is 13.8 Å². The van der Waals surface area contributed by atoms with Crippen LogP contribution in [-0.2, 0) is 9.47 Å². The molecule has 22 heavy (non-hydrogen) atoms. The number of epoxide rings is 1. The summed E-state index contributed by atoms with van der Waals surface area (Å²) in [5.41, 5.74) is 5.75. The Morgan fingerprint density at radius 2 is 2.14 bits per heavy atom. The summed E-state index contributed by atoms with van der Waals surface area (Å²) >= 11 is 0. The molecule has 0 amide bonds. The Hall–Kier alpha value is -1.30. The minimum atomic E-state index is -0.323. The van der Waals surface area contributed by atoms with E-state index in [4.69, 9.17) is 24.7 Å². The molecule has 0 radical (unpaired) electrons. The van der Waals surface area contributed by atoms with Gasteiger partial charge in [-0.25, -0.2) is 0 Å². The second kappa shape index (κ2) is 7.81. The summed E-state index contributed by atoms with van der Waals surface area (Å²) in [5.74, 6) is 1.59. The van der Waals surface area contributed by atoms with Crippen molar-refractivity contribution < 1.29 is 18.9 Å². The van der Waals surface area contributed by atoms with Crippen molar-refractivity contribution in [3.05, 3.63) is 24.3 Å². The first kappa shape index (κ1) is 17.1. The van der Waals surface area contributed by atoms with Crippen molar-refractivity contribution in [2.24, 2.45) is 5.73 Å². The van der Waals surface area contributed by atoms with Gasteiger partial charge in [-0.3, -0.25) is 0 Å². The van der Waals surface area contributed by atoms with Gasteiger partial charge in [0.2, 0.25) is 0 Å². The Morgan fingerprint density at radius 3 is 2.77 bits per heavy atom. The Morgan fingerprint density at radius 1 is 1.41 bits per heavy atom. The normalized spacial score (nSPS) is 21.0. The molecule has 1 aromatic carbocycles. The lowest BCUT2D eigenvalue weighted by molar-refractivity contribution is 0.0538. The van der Waals surface area contributed by atoms with Crippen LogP contribution in [0.5, 0.6) is 11.5 Å². The van der Waals surface area contributed by atoms with E-state index in [9.17, 15) is 0 Å². The highest BCUT2D eigenvalue weighted by atomic mass is 16.6. The quantitative estimate of drug-likeness (QED) is 0.672. The summed E-state index contributed by atoms with van der Waals surface area (Å²) in [5, 5.41) is 0. The number of methoxy groups -OCH3 is 1. The van der Waals surface area contributed by atoms with Crippen LogP contribution in [0.15, 0.2) is 24.3 Å². The fourth-order valence-corrected chi connectivity index (χ4v) is 2.35. The highest BCUT2D eigenvalue weighted by molar-refractivity contribution is 5.33. The number of hydrogen-bond acceptors (Lipinski definition) is 5. The van der Waals surface area contributed by atoms with Crippen molar-refractivity contribution in [3.63, 3.8) is 0 Å². The molecule has 0 aliphatic carbocycles. The molecule has 2 N–H and O–H groups in total. The molecule has 1 fully saturated rings. The zero-order valence-electron chi connectivity index (χ0n) is 13.7. The SMILES string of the molecule is CCC(C)(CC(N)COC)Oc1cccc(OCC2CO2)c1. The van der Waals surface area contributed by atoms with Crippen LogP contribution < -0.4 is 15.2 Å². The van der Waals surface area contributed by atoms with E-state index in [0.29, 0.717) is 13.2 Å². The zero-order chi connectivity index (χ0) is 16.0. The van der Waals surface area contributed by atoms with Crippen LogP contribution in [0.3, 0.4) is 0 Å². The maximum atomic E-state index is 6.18. The highest BCUT2D eigenvalue weighted by Gasteiger charge is 2.27. The van der Waals surface area contributed by atoms with Crippen molar-refractivity contribution >= 4 is 0 Å². The van der Waals surface area contributed by atoms with E-state index in [1.165, 1.54) is 0 Å². The number of benzene rings is 1. The highest BCUT2D eigenvalue weighted by Crippen LogP contribution is 2.28. The first-order chi connectivity index (χ1) is 10.5. The Labute approximate surface area is 132 Å². The van der Waals surface area contributed by atoms with Gasteiger partial charge in [0.15, 0.2) is 0 Å². The predicted molar refractivity (Wildman–Crippen MR) is 85.5 cm³/mol. The molecule has 1 aliphatic heterocycles. The summed E-state index contributed by atoms with van der Waals surface area (Å²) in [6.07, 6.45) is 1.85. The third-order valence-electron chi connectivity index (χ3n) is 3.83. The Balaban J connectivity index is 1.94. The van der Waals surface area contributed by atoms with Crippen molar-refractivity contribution in [1.29, 1.82) is 0 Å². The van der Waals surface area contributed by atoms with Gasteiger partial charge in [0.25, 0.3) is 0 Å². The van der Waals surface area contributed by atoms with Crippen molar-refractivity contribution in [3.8, 4) is 11.5 Å². The number of hydrogen-bond donors (Lipinski definition) is 1. The lowest BCUT2D eigenvalue weighted by Crippen LogP contribution is -2.41. The van der Waals surface area contributed by atoms with Crippen LogP contribution in [0.2, 0.25) is 0 Å². The molecule has 1 saturated heterocycles. The van der Waals surface area contributed by atoms with E-state index < -0.39 is 0 Å². The second-order valence-electron chi connectivity index (χ2n) is 6.07. The summed E-state index contributed by atoms with van der Waals surface area (Å²) < 4.78 is 22.1. The van der Waals surface area contributed by atoms with E-state index in [-0.39, 0.29) is 17.7 Å². The molecule has 5 nitrogen and oxygen atoms in total. The van der Waals surface area contributed by atoms with Gasteiger partial charge in [0, 0.05) is 25.6 Å². The molecule has 1 aliphatic rings. The van der Waals surface area contributed by atoms with Gasteiger partial charge >= 0.3 is 0 Å². The molecule has 3 atom stereocenters. The molecule has 2 rings (SSSR count).